The van der Waals surface area contributed by atoms with E-state index in [4.69, 9.17) is 0 Å². The van der Waals surface area contributed by atoms with Crippen LogP contribution in [0.3, 0.4) is 0 Å². The number of amides is 1. The van der Waals surface area contributed by atoms with Gasteiger partial charge < -0.3 is 10.2 Å². The van der Waals surface area contributed by atoms with Crippen LogP contribution in [0.4, 0.5) is 18.9 Å². The number of piperazine rings is 1. The Morgan fingerprint density at radius 3 is 2.21 bits per heavy atom. The predicted octanol–water partition coefficient (Wildman–Crippen LogP) is 3.77. The molecule has 3 aliphatic rings. The summed E-state index contributed by atoms with van der Waals surface area (Å²) in [7, 11) is 0. The number of halogens is 3. The summed E-state index contributed by atoms with van der Waals surface area (Å²) in [5, 5.41) is 3.27. The Hall–Kier alpha value is -1.83. The largest absolute Gasteiger partial charge is 0.433 e. The Balaban J connectivity index is 1.21. The smallest absolute Gasteiger partial charge is 0.381 e. The molecule has 0 spiro atoms. The van der Waals surface area contributed by atoms with Crippen molar-refractivity contribution >= 4 is 11.6 Å². The van der Waals surface area contributed by atoms with Gasteiger partial charge in [0.15, 0.2) is 0 Å². The van der Waals surface area contributed by atoms with Gasteiger partial charge in [-0.25, -0.2) is 4.98 Å². The molecule has 1 amide bonds. The molecule has 1 saturated heterocycles. The molecule has 8 heteroatoms. The Labute approximate surface area is 169 Å². The summed E-state index contributed by atoms with van der Waals surface area (Å²) in [5.74, 6) is 0.363. The van der Waals surface area contributed by atoms with E-state index in [-0.39, 0.29) is 17.9 Å². The molecule has 4 rings (SSSR count). The topological polar surface area (TPSA) is 48.5 Å². The minimum Gasteiger partial charge on any atom is -0.381 e. The molecule has 1 aliphatic heterocycles. The molecule has 1 aromatic heterocycles. The van der Waals surface area contributed by atoms with Gasteiger partial charge in [0.25, 0.3) is 0 Å². The van der Waals surface area contributed by atoms with Crippen LogP contribution >= 0.6 is 0 Å². The Morgan fingerprint density at radius 2 is 1.69 bits per heavy atom. The fourth-order valence-corrected chi connectivity index (χ4v) is 4.68. The van der Waals surface area contributed by atoms with Crippen LogP contribution in [0.15, 0.2) is 18.3 Å². The molecule has 0 radical (unpaired) electrons. The number of nitrogens with zero attached hydrogens (tertiary/aromatic N) is 3. The summed E-state index contributed by atoms with van der Waals surface area (Å²) < 4.78 is 37.8. The lowest BCUT2D eigenvalue weighted by Crippen LogP contribution is -2.54. The average Bonchev–Trinajstić information content (AvgIpc) is 2.67. The number of carbonyl (C=O) groups excluding carboxylic acids is 1. The number of pyridine rings is 1. The number of hydrogen-bond acceptors (Lipinski definition) is 4. The zero-order chi connectivity index (χ0) is 20.4. The number of alkyl halides is 3. The summed E-state index contributed by atoms with van der Waals surface area (Å²) in [6.07, 6.45) is 4.12. The van der Waals surface area contributed by atoms with Gasteiger partial charge in [0.05, 0.1) is 11.9 Å². The summed E-state index contributed by atoms with van der Waals surface area (Å²) in [5.41, 5.74) is -0.283. The van der Waals surface area contributed by atoms with Crippen molar-refractivity contribution in [3.05, 3.63) is 24.0 Å². The van der Waals surface area contributed by atoms with Crippen molar-refractivity contribution in [2.75, 3.05) is 31.5 Å². The minimum atomic E-state index is -4.42. The van der Waals surface area contributed by atoms with Crippen molar-refractivity contribution in [2.45, 2.75) is 63.2 Å². The molecule has 5 nitrogen and oxygen atoms in total. The second-order valence-electron chi connectivity index (χ2n) is 8.57. The molecule has 0 atom stereocenters. The lowest BCUT2D eigenvalue weighted by molar-refractivity contribution is -0.141. The maximum Gasteiger partial charge on any atom is 0.433 e. The van der Waals surface area contributed by atoms with Crippen LogP contribution in [0.2, 0.25) is 0 Å². The second-order valence-corrected chi connectivity index (χ2v) is 8.57. The van der Waals surface area contributed by atoms with E-state index in [9.17, 15) is 18.0 Å². The molecule has 0 unspecified atom stereocenters. The van der Waals surface area contributed by atoms with E-state index < -0.39 is 11.9 Å². The molecule has 3 fully saturated rings. The number of anilines is 1. The van der Waals surface area contributed by atoms with Gasteiger partial charge in [0.2, 0.25) is 5.91 Å². The highest BCUT2D eigenvalue weighted by Crippen LogP contribution is 2.31. The normalized spacial score (nSPS) is 26.8. The van der Waals surface area contributed by atoms with E-state index in [1.54, 1.807) is 0 Å². The highest BCUT2D eigenvalue weighted by Gasteiger charge is 2.34. The molecular formula is C21H29F3N4O. The molecular weight excluding hydrogens is 381 g/mol. The van der Waals surface area contributed by atoms with Crippen LogP contribution in [-0.4, -0.2) is 59.0 Å². The first kappa shape index (κ1) is 20.4. The van der Waals surface area contributed by atoms with E-state index in [1.165, 1.54) is 31.5 Å². The van der Waals surface area contributed by atoms with Gasteiger partial charge >= 0.3 is 6.18 Å². The van der Waals surface area contributed by atoms with Crippen molar-refractivity contribution in [1.82, 2.24) is 14.8 Å². The van der Waals surface area contributed by atoms with E-state index in [1.807, 2.05) is 4.90 Å². The summed E-state index contributed by atoms with van der Waals surface area (Å²) >= 11 is 0. The van der Waals surface area contributed by atoms with Crippen LogP contribution in [0.1, 0.15) is 50.6 Å². The lowest BCUT2D eigenvalue weighted by atomic mass is 9.84. The summed E-state index contributed by atoms with van der Waals surface area (Å²) in [6.45, 7) is 3.66. The van der Waals surface area contributed by atoms with Crippen molar-refractivity contribution in [1.29, 1.82) is 0 Å². The average molecular weight is 410 g/mol. The van der Waals surface area contributed by atoms with Crippen LogP contribution in [0.5, 0.6) is 0 Å². The quantitative estimate of drug-likeness (QED) is 0.821. The van der Waals surface area contributed by atoms with E-state index in [0.29, 0.717) is 5.69 Å². The third-order valence-electron chi connectivity index (χ3n) is 6.72. The Morgan fingerprint density at radius 1 is 1.00 bits per heavy atom. The summed E-state index contributed by atoms with van der Waals surface area (Å²) in [6, 6.07) is 3.34. The number of rotatable bonds is 4. The highest BCUT2D eigenvalue weighted by molar-refractivity contribution is 5.79. The second kappa shape index (κ2) is 8.50. The first-order chi connectivity index (χ1) is 13.9. The van der Waals surface area contributed by atoms with Gasteiger partial charge in [-0.15, -0.1) is 0 Å². The highest BCUT2D eigenvalue weighted by atomic mass is 19.4. The van der Waals surface area contributed by atoms with Gasteiger partial charge in [0.1, 0.15) is 5.69 Å². The van der Waals surface area contributed by atoms with Crippen molar-refractivity contribution < 1.29 is 18.0 Å². The molecule has 2 heterocycles. The Kier molecular flexibility index (Phi) is 5.99. The first-order valence-electron chi connectivity index (χ1n) is 10.7. The van der Waals surface area contributed by atoms with Crippen molar-refractivity contribution in [3.63, 3.8) is 0 Å². The number of carbonyl (C=O) groups is 1. The number of aromatic nitrogens is 1. The van der Waals surface area contributed by atoms with Gasteiger partial charge in [-0.3, -0.25) is 9.69 Å². The number of hydrogen-bond donors (Lipinski definition) is 1. The zero-order valence-corrected chi connectivity index (χ0v) is 16.6. The van der Waals surface area contributed by atoms with Crippen LogP contribution in [-0.2, 0) is 11.0 Å². The molecule has 29 heavy (non-hydrogen) atoms. The number of nitrogens with one attached hydrogen (secondary N) is 1. The van der Waals surface area contributed by atoms with E-state index >= 15 is 0 Å². The predicted molar refractivity (Wildman–Crippen MR) is 104 cm³/mol. The Bertz CT molecular complexity index is 689. The zero-order valence-electron chi connectivity index (χ0n) is 16.6. The molecule has 2 saturated carbocycles. The van der Waals surface area contributed by atoms with Crippen LogP contribution < -0.4 is 5.32 Å². The third-order valence-corrected chi connectivity index (χ3v) is 6.72. The lowest BCUT2D eigenvalue weighted by Gasteiger charge is -2.44. The van der Waals surface area contributed by atoms with Crippen molar-refractivity contribution in [3.8, 4) is 0 Å². The molecule has 2 aliphatic carbocycles. The maximum absolute atomic E-state index is 12.9. The molecule has 1 N–H and O–H groups in total. The fourth-order valence-electron chi connectivity index (χ4n) is 4.68. The van der Waals surface area contributed by atoms with E-state index in [2.05, 4.69) is 15.2 Å². The summed E-state index contributed by atoms with van der Waals surface area (Å²) in [4.78, 5) is 20.9. The van der Waals surface area contributed by atoms with Gasteiger partial charge in [-0.2, -0.15) is 13.2 Å². The van der Waals surface area contributed by atoms with Gasteiger partial charge in [-0.1, -0.05) is 6.42 Å². The fraction of sp³-hybridized carbons (Fsp3) is 0.714. The van der Waals surface area contributed by atoms with E-state index in [0.717, 1.165) is 64.0 Å². The van der Waals surface area contributed by atoms with Gasteiger partial charge in [0, 0.05) is 44.2 Å². The maximum atomic E-state index is 12.9. The molecule has 1 aromatic rings. The van der Waals surface area contributed by atoms with Crippen molar-refractivity contribution in [2.24, 2.45) is 5.92 Å². The first-order valence-corrected chi connectivity index (χ1v) is 10.7. The molecule has 0 bridgehead atoms. The van der Waals surface area contributed by atoms with Gasteiger partial charge in [-0.05, 0) is 50.7 Å². The molecule has 0 aromatic carbocycles. The van der Waals surface area contributed by atoms with Crippen LogP contribution in [0, 0.1) is 5.92 Å². The SMILES string of the molecule is O=C([C@H]1CC[C@H](Nc2ccc(C(F)(F)F)nc2)CC1)N1CCN(C2CCC2)CC1. The van der Waals surface area contributed by atoms with Crippen LogP contribution in [0.25, 0.3) is 0 Å². The molecule has 160 valence electrons. The monoisotopic (exact) mass is 410 g/mol. The minimum absolute atomic E-state index is 0.0778. The third kappa shape index (κ3) is 4.85. The standard InChI is InChI=1S/C21H29F3N4O/c22-21(23,24)19-9-8-17(14-25-19)26-16-6-4-15(5-7-16)20(29)28-12-10-27(11-13-28)18-2-1-3-18/h8-9,14-16,18,26H,1-7,10-13H2/t15-,16-.